The van der Waals surface area contributed by atoms with Crippen molar-refractivity contribution >= 4 is 5.82 Å². The molecule has 0 spiro atoms. The molecule has 0 radical (unpaired) electrons. The van der Waals surface area contributed by atoms with E-state index in [9.17, 15) is 0 Å². The average Bonchev–Trinajstić information content (AvgIpc) is 2.68. The molecule has 0 N–H and O–H groups in total. The van der Waals surface area contributed by atoms with Crippen LogP contribution in [0.3, 0.4) is 0 Å². The van der Waals surface area contributed by atoms with Crippen LogP contribution in [-0.4, -0.2) is 19.1 Å². The second kappa shape index (κ2) is 9.25. The molecule has 0 amide bonds. The summed E-state index contributed by atoms with van der Waals surface area (Å²) in [6.07, 6.45) is 9.64. The number of fused-ring (bicyclic) bond motifs is 3. The van der Waals surface area contributed by atoms with E-state index >= 15 is 0 Å². The van der Waals surface area contributed by atoms with Crippen molar-refractivity contribution in [2.45, 2.75) is 71.3 Å². The first kappa shape index (κ1) is 19.7. The van der Waals surface area contributed by atoms with Crippen molar-refractivity contribution in [1.82, 2.24) is 4.98 Å². The Hall–Kier alpha value is -2.03. The lowest BCUT2D eigenvalue weighted by Gasteiger charge is -2.25. The van der Waals surface area contributed by atoms with Gasteiger partial charge >= 0.3 is 0 Å². The van der Waals surface area contributed by atoms with Gasteiger partial charge in [-0.15, -0.1) is 0 Å². The van der Waals surface area contributed by atoms with Crippen LogP contribution >= 0.6 is 0 Å². The third-order valence-corrected chi connectivity index (χ3v) is 5.66. The van der Waals surface area contributed by atoms with Crippen molar-refractivity contribution in [1.29, 1.82) is 0 Å². The van der Waals surface area contributed by atoms with Crippen LogP contribution in [0.5, 0.6) is 5.88 Å². The van der Waals surface area contributed by atoms with Gasteiger partial charge in [0.05, 0.1) is 0 Å². The van der Waals surface area contributed by atoms with Gasteiger partial charge in [0.1, 0.15) is 12.4 Å². The summed E-state index contributed by atoms with van der Waals surface area (Å²) < 4.78 is 5.99. The fourth-order valence-corrected chi connectivity index (χ4v) is 4.18. The van der Waals surface area contributed by atoms with Crippen molar-refractivity contribution < 1.29 is 4.74 Å². The fourth-order valence-electron chi connectivity index (χ4n) is 4.18. The van der Waals surface area contributed by atoms with Crippen LogP contribution in [0.15, 0.2) is 30.3 Å². The highest BCUT2D eigenvalue weighted by Crippen LogP contribution is 2.40. The Morgan fingerprint density at radius 3 is 2.26 bits per heavy atom. The molecule has 1 aliphatic carbocycles. The van der Waals surface area contributed by atoms with Crippen LogP contribution in [0.25, 0.3) is 11.1 Å². The highest BCUT2D eigenvalue weighted by Gasteiger charge is 2.21. The maximum atomic E-state index is 5.99. The summed E-state index contributed by atoms with van der Waals surface area (Å²) >= 11 is 0. The maximum absolute atomic E-state index is 5.99. The number of anilines is 1. The number of aromatic nitrogens is 1. The van der Waals surface area contributed by atoms with Gasteiger partial charge in [-0.05, 0) is 47.6 Å². The molecule has 1 aromatic heterocycles. The van der Waals surface area contributed by atoms with Gasteiger partial charge in [-0.25, -0.2) is 0 Å². The Morgan fingerprint density at radius 1 is 0.889 bits per heavy atom. The Balaban J connectivity index is 0.00000102. The lowest BCUT2D eigenvalue weighted by atomic mass is 9.84. The second-order valence-corrected chi connectivity index (χ2v) is 7.66. The normalized spacial score (nSPS) is 16.6. The number of hydrogen-bond acceptors (Lipinski definition) is 3. The number of pyridine rings is 1. The first-order valence-corrected chi connectivity index (χ1v) is 10.7. The molecule has 0 atom stereocenters. The van der Waals surface area contributed by atoms with E-state index in [-0.39, 0.29) is 0 Å². The van der Waals surface area contributed by atoms with E-state index in [2.05, 4.69) is 35.3 Å². The Bertz CT molecular complexity index is 746. The number of nitrogens with zero attached hydrogens (tertiary/aromatic N) is 2. The minimum Gasteiger partial charge on any atom is -0.472 e. The smallest absolute Gasteiger partial charge is 0.223 e. The summed E-state index contributed by atoms with van der Waals surface area (Å²) in [6, 6.07) is 11.2. The summed E-state index contributed by atoms with van der Waals surface area (Å²) in [4.78, 5) is 6.66. The van der Waals surface area contributed by atoms with E-state index in [1.165, 1.54) is 61.6 Å². The van der Waals surface area contributed by atoms with Gasteiger partial charge in [-0.1, -0.05) is 64.2 Å². The molecule has 2 aromatic rings. The first-order chi connectivity index (χ1) is 13.2. The highest BCUT2D eigenvalue weighted by molar-refractivity contribution is 5.75. The van der Waals surface area contributed by atoms with Crippen molar-refractivity contribution in [2.24, 2.45) is 0 Å². The van der Waals surface area contributed by atoms with E-state index < -0.39 is 0 Å². The van der Waals surface area contributed by atoms with Gasteiger partial charge in [0, 0.05) is 19.7 Å². The minimum absolute atomic E-state index is 0.632. The SMILES string of the molecule is CC.CN(C)c1ccc2c(n1)OCc1cc(C3CCCCCCC3)ccc1-2. The van der Waals surface area contributed by atoms with Gasteiger partial charge in [0.2, 0.25) is 5.88 Å². The predicted octanol–water partition coefficient (Wildman–Crippen LogP) is 6.56. The van der Waals surface area contributed by atoms with Crippen molar-refractivity contribution in [3.05, 3.63) is 41.5 Å². The van der Waals surface area contributed by atoms with E-state index in [4.69, 9.17) is 4.74 Å². The van der Waals surface area contributed by atoms with E-state index in [1.54, 1.807) is 0 Å². The fraction of sp³-hybridized carbons (Fsp3) is 0.542. The molecular formula is C24H34N2O. The van der Waals surface area contributed by atoms with E-state index in [1.807, 2.05) is 32.8 Å². The van der Waals surface area contributed by atoms with Crippen molar-refractivity contribution in [3.63, 3.8) is 0 Å². The molecule has 1 aromatic carbocycles. The van der Waals surface area contributed by atoms with Crippen LogP contribution < -0.4 is 9.64 Å². The molecule has 0 unspecified atom stereocenters. The number of hydrogen-bond donors (Lipinski definition) is 0. The molecule has 2 heterocycles. The number of rotatable bonds is 2. The first-order valence-electron chi connectivity index (χ1n) is 10.7. The largest absolute Gasteiger partial charge is 0.472 e. The Morgan fingerprint density at radius 2 is 1.56 bits per heavy atom. The molecule has 27 heavy (non-hydrogen) atoms. The molecular weight excluding hydrogens is 332 g/mol. The van der Waals surface area contributed by atoms with Gasteiger partial charge in [-0.2, -0.15) is 4.98 Å². The van der Waals surface area contributed by atoms with Crippen LogP contribution in [-0.2, 0) is 6.61 Å². The average molecular weight is 367 g/mol. The van der Waals surface area contributed by atoms with Crippen LogP contribution in [0.4, 0.5) is 5.82 Å². The molecule has 1 aliphatic heterocycles. The monoisotopic (exact) mass is 366 g/mol. The van der Waals surface area contributed by atoms with Crippen molar-refractivity contribution in [3.8, 4) is 17.0 Å². The summed E-state index contributed by atoms with van der Waals surface area (Å²) in [5.74, 6) is 2.42. The zero-order chi connectivity index (χ0) is 19.2. The van der Waals surface area contributed by atoms with E-state index in [0.29, 0.717) is 6.61 Å². The van der Waals surface area contributed by atoms with Crippen LogP contribution in [0, 0.1) is 0 Å². The molecule has 0 saturated heterocycles. The third kappa shape index (κ3) is 4.45. The van der Waals surface area contributed by atoms with Gasteiger partial charge in [0.15, 0.2) is 0 Å². The lowest BCUT2D eigenvalue weighted by Crippen LogP contribution is -2.13. The van der Waals surface area contributed by atoms with Gasteiger partial charge in [0.25, 0.3) is 0 Å². The number of ether oxygens (including phenoxy) is 1. The summed E-state index contributed by atoms with van der Waals surface area (Å²) in [6.45, 7) is 4.63. The van der Waals surface area contributed by atoms with Gasteiger partial charge in [-0.3, -0.25) is 0 Å². The standard InChI is InChI=1S/C22H28N2O.C2H6/c1-24(2)21-13-12-20-19-11-10-17(14-18(19)15-25-22(20)23-21)16-8-6-4-3-5-7-9-16;1-2/h10-14,16H,3-9,15H2,1-2H3;1-2H3. The third-order valence-electron chi connectivity index (χ3n) is 5.66. The van der Waals surface area contributed by atoms with Gasteiger partial charge < -0.3 is 9.64 Å². The summed E-state index contributed by atoms with van der Waals surface area (Å²) in [5.41, 5.74) is 5.22. The Labute approximate surface area is 164 Å². The lowest BCUT2D eigenvalue weighted by molar-refractivity contribution is 0.290. The molecule has 0 bridgehead atoms. The molecule has 3 nitrogen and oxygen atoms in total. The molecule has 4 rings (SSSR count). The summed E-state index contributed by atoms with van der Waals surface area (Å²) in [5, 5.41) is 0. The zero-order valence-corrected chi connectivity index (χ0v) is 17.4. The van der Waals surface area contributed by atoms with E-state index in [0.717, 1.165) is 23.2 Å². The molecule has 3 heteroatoms. The van der Waals surface area contributed by atoms with Crippen LogP contribution in [0.2, 0.25) is 0 Å². The molecule has 1 fully saturated rings. The zero-order valence-electron chi connectivity index (χ0n) is 17.4. The molecule has 146 valence electrons. The molecule has 1 saturated carbocycles. The maximum Gasteiger partial charge on any atom is 0.223 e. The molecule has 2 aliphatic rings. The topological polar surface area (TPSA) is 25.4 Å². The van der Waals surface area contributed by atoms with Crippen LogP contribution in [0.1, 0.15) is 75.8 Å². The van der Waals surface area contributed by atoms with Crippen molar-refractivity contribution in [2.75, 3.05) is 19.0 Å². The summed E-state index contributed by atoms with van der Waals surface area (Å²) in [7, 11) is 4.01. The number of benzene rings is 1. The predicted molar refractivity (Wildman–Crippen MR) is 115 cm³/mol. The quantitative estimate of drug-likeness (QED) is 0.601. The highest BCUT2D eigenvalue weighted by atomic mass is 16.5. The second-order valence-electron chi connectivity index (χ2n) is 7.66. The minimum atomic E-state index is 0.632. The Kier molecular flexibility index (Phi) is 6.76.